The van der Waals surface area contributed by atoms with Crippen LogP contribution in [0.4, 0.5) is 5.69 Å². The first-order chi connectivity index (χ1) is 4.97. The molecule has 2 rings (SSSR count). The summed E-state index contributed by atoms with van der Waals surface area (Å²) in [5.41, 5.74) is 2.35. The molecule has 0 atom stereocenters. The van der Waals surface area contributed by atoms with Crippen LogP contribution < -0.4 is 18.9 Å². The van der Waals surface area contributed by atoms with Crippen molar-refractivity contribution in [3.8, 4) is 0 Å². The van der Waals surface area contributed by atoms with E-state index < -0.39 is 0 Å². The molecule has 50 valence electrons. The molecule has 0 radical (unpaired) electrons. The number of rotatable bonds is 0. The van der Waals surface area contributed by atoms with Gasteiger partial charge in [0.1, 0.15) is 0 Å². The van der Waals surface area contributed by atoms with Gasteiger partial charge in [-0.1, -0.05) is 30.3 Å². The molecule has 0 bridgehead atoms. The van der Waals surface area contributed by atoms with Crippen molar-refractivity contribution in [1.29, 1.82) is 0 Å². The summed E-state index contributed by atoms with van der Waals surface area (Å²) in [7, 11) is 0. The van der Waals surface area contributed by atoms with Gasteiger partial charge in [-0.25, -0.2) is 0 Å². The second kappa shape index (κ2) is 3.66. The molecule has 0 amide bonds. The topological polar surface area (TPSA) is 14.1 Å². The molecule has 2 heteroatoms. The Hall–Kier alpha value is -0.643. The second-order valence-corrected chi connectivity index (χ2v) is 2.30. The zero-order chi connectivity index (χ0) is 6.81. The van der Waals surface area contributed by atoms with Crippen LogP contribution in [0.15, 0.2) is 30.3 Å². The minimum absolute atomic E-state index is 0. The summed E-state index contributed by atoms with van der Waals surface area (Å²) in [6.45, 7) is 0.830. The van der Waals surface area contributed by atoms with Crippen LogP contribution in [-0.2, 0) is 0 Å². The molecule has 0 N–H and O–H groups in total. The van der Waals surface area contributed by atoms with Gasteiger partial charge in [0, 0.05) is 0 Å². The molecule has 0 fully saturated rings. The van der Waals surface area contributed by atoms with Gasteiger partial charge >= 0.3 is 18.9 Å². The van der Waals surface area contributed by atoms with E-state index in [1.807, 2.05) is 18.2 Å². The Morgan fingerprint density at radius 2 is 2.00 bits per heavy atom. The van der Waals surface area contributed by atoms with Gasteiger partial charge in [0.15, 0.2) is 0 Å². The van der Waals surface area contributed by atoms with E-state index in [4.69, 9.17) is 0 Å². The molecule has 0 unspecified atom stereocenters. The third kappa shape index (κ3) is 1.68. The average Bonchev–Trinajstić information content (AvgIpc) is 2.05. The van der Waals surface area contributed by atoms with Crippen molar-refractivity contribution >= 4 is 11.8 Å². The molecule has 11 heavy (non-hydrogen) atoms. The molecule has 1 heterocycles. The van der Waals surface area contributed by atoms with E-state index in [1.54, 1.807) is 0 Å². The fourth-order valence-electron chi connectivity index (χ4n) is 1.10. The van der Waals surface area contributed by atoms with Crippen LogP contribution in [0.5, 0.6) is 0 Å². The Morgan fingerprint density at radius 3 is 2.82 bits per heavy atom. The van der Waals surface area contributed by atoms with Crippen molar-refractivity contribution in [2.45, 2.75) is 0 Å². The first-order valence-electron chi connectivity index (χ1n) is 3.40. The van der Waals surface area contributed by atoms with Crippen molar-refractivity contribution in [1.82, 2.24) is 0 Å². The van der Waals surface area contributed by atoms with Crippen LogP contribution in [0.1, 0.15) is 5.56 Å². The molecule has 0 aliphatic carbocycles. The van der Waals surface area contributed by atoms with Gasteiger partial charge in [0.2, 0.25) is 0 Å². The van der Waals surface area contributed by atoms with Crippen LogP contribution in [0, 0.1) is 0 Å². The van der Waals surface area contributed by atoms with E-state index in [-0.39, 0.29) is 18.9 Å². The summed E-state index contributed by atoms with van der Waals surface area (Å²) in [5, 5.41) is 4.31. The second-order valence-electron chi connectivity index (χ2n) is 2.30. The molecular formula is C9H8LiN. The maximum absolute atomic E-state index is 4.31. The van der Waals surface area contributed by atoms with Crippen molar-refractivity contribution < 1.29 is 18.9 Å². The van der Waals surface area contributed by atoms with Crippen LogP contribution in [0.3, 0.4) is 0 Å². The Bertz CT molecular complexity index is 268. The summed E-state index contributed by atoms with van der Waals surface area (Å²) in [5.74, 6) is 0. The van der Waals surface area contributed by atoms with E-state index in [0.29, 0.717) is 0 Å². The molecule has 0 saturated carbocycles. The number of benzene rings is 1. The molecule has 1 nitrogen and oxygen atoms in total. The van der Waals surface area contributed by atoms with Crippen molar-refractivity contribution in [3.63, 3.8) is 0 Å². The minimum Gasteiger partial charge on any atom is -0.681 e. The molecule has 1 aliphatic heterocycles. The molecule has 0 saturated heterocycles. The predicted octanol–water partition coefficient (Wildman–Crippen LogP) is -0.277. The van der Waals surface area contributed by atoms with E-state index in [0.717, 1.165) is 12.2 Å². The van der Waals surface area contributed by atoms with Gasteiger partial charge in [-0.2, -0.15) is 0 Å². The smallest absolute Gasteiger partial charge is 0.681 e. The van der Waals surface area contributed by atoms with Crippen molar-refractivity contribution in [2.24, 2.45) is 0 Å². The number of fused-ring (bicyclic) bond motifs is 1. The van der Waals surface area contributed by atoms with Gasteiger partial charge in [-0.3, -0.25) is 0 Å². The van der Waals surface area contributed by atoms with Crippen LogP contribution >= 0.6 is 0 Å². The van der Waals surface area contributed by atoms with Crippen molar-refractivity contribution in [3.05, 3.63) is 41.2 Å². The van der Waals surface area contributed by atoms with Crippen LogP contribution in [0.2, 0.25) is 0 Å². The van der Waals surface area contributed by atoms with Gasteiger partial charge in [-0.05, 0) is 5.56 Å². The largest absolute Gasteiger partial charge is 1.00 e. The minimum atomic E-state index is 0. The Kier molecular flexibility index (Phi) is 2.82. The number of para-hydroxylation sites is 1. The number of nitrogens with zero attached hydrogens (tertiary/aromatic N) is 1. The number of hydrogen-bond donors (Lipinski definition) is 0. The van der Waals surface area contributed by atoms with Gasteiger partial charge in [-0.15, -0.1) is 18.3 Å². The van der Waals surface area contributed by atoms with E-state index in [9.17, 15) is 0 Å². The Morgan fingerprint density at radius 1 is 1.18 bits per heavy atom. The van der Waals surface area contributed by atoms with Crippen LogP contribution in [-0.4, -0.2) is 6.54 Å². The van der Waals surface area contributed by atoms with E-state index >= 15 is 0 Å². The maximum atomic E-state index is 4.31. The summed E-state index contributed by atoms with van der Waals surface area (Å²) in [4.78, 5) is 0. The van der Waals surface area contributed by atoms with Gasteiger partial charge in [0.05, 0.1) is 0 Å². The molecule has 0 aromatic heterocycles. The Labute approximate surface area is 78.7 Å². The van der Waals surface area contributed by atoms with Gasteiger partial charge < -0.3 is 5.32 Å². The zero-order valence-corrected chi connectivity index (χ0v) is 6.62. The fourth-order valence-corrected chi connectivity index (χ4v) is 1.10. The zero-order valence-electron chi connectivity index (χ0n) is 6.62. The Balaban J connectivity index is 0.000000605. The maximum Gasteiger partial charge on any atom is 1.00 e. The van der Waals surface area contributed by atoms with E-state index in [2.05, 4.69) is 23.5 Å². The molecular weight excluding hydrogens is 129 g/mol. The van der Waals surface area contributed by atoms with E-state index in [1.165, 1.54) is 5.56 Å². The molecule has 1 aliphatic rings. The third-order valence-electron chi connectivity index (χ3n) is 1.60. The monoisotopic (exact) mass is 137 g/mol. The van der Waals surface area contributed by atoms with Gasteiger partial charge in [0.25, 0.3) is 0 Å². The first-order valence-corrected chi connectivity index (χ1v) is 3.40. The summed E-state index contributed by atoms with van der Waals surface area (Å²) in [6, 6.07) is 8.17. The van der Waals surface area contributed by atoms with Crippen LogP contribution in [0.25, 0.3) is 11.4 Å². The summed E-state index contributed by atoms with van der Waals surface area (Å²) < 4.78 is 0. The third-order valence-corrected chi connectivity index (χ3v) is 1.60. The number of hydrogen-bond acceptors (Lipinski definition) is 0. The molecule has 1 aromatic carbocycles. The van der Waals surface area contributed by atoms with Crippen molar-refractivity contribution in [2.75, 3.05) is 6.54 Å². The average molecular weight is 137 g/mol. The SMILES string of the molecule is C1=Cc2ccccc2[N-]C1.[Li+]. The standard InChI is InChI=1S/C9H8N.Li/c1-2-6-9-8(4-1)5-3-7-10-9;/h1-6H,7H2;/q-1;+1. The summed E-state index contributed by atoms with van der Waals surface area (Å²) >= 11 is 0. The summed E-state index contributed by atoms with van der Waals surface area (Å²) in [6.07, 6.45) is 4.19. The predicted molar refractivity (Wildman–Crippen MR) is 43.4 cm³/mol. The molecule has 1 aromatic rings. The fraction of sp³-hybridized carbons (Fsp3) is 0.111. The normalized spacial score (nSPS) is 12.7. The first kappa shape index (κ1) is 8.45. The molecule has 0 spiro atoms. The quantitative estimate of drug-likeness (QED) is 0.437.